The van der Waals surface area contributed by atoms with Crippen molar-refractivity contribution in [3.63, 3.8) is 0 Å². The lowest BCUT2D eigenvalue weighted by molar-refractivity contribution is -0.138. The Bertz CT molecular complexity index is 604. The molecule has 0 aliphatic rings. The summed E-state index contributed by atoms with van der Waals surface area (Å²) >= 11 is 0. The zero-order valence-corrected chi connectivity index (χ0v) is 12.3. The van der Waals surface area contributed by atoms with Gasteiger partial charge >= 0.3 is 5.97 Å². The number of hydrogen-bond donors (Lipinski definition) is 2. The molecule has 0 fully saturated rings. The Morgan fingerprint density at radius 2 is 1.52 bits per heavy atom. The number of carbonyl (C=O) groups is 1. The first-order valence-electron chi connectivity index (χ1n) is 6.82. The lowest BCUT2D eigenvalue weighted by Gasteiger charge is -2.13. The Labute approximate surface area is 124 Å². The van der Waals surface area contributed by atoms with Crippen LogP contribution >= 0.6 is 0 Å². The molecule has 0 spiro atoms. The van der Waals surface area contributed by atoms with E-state index in [0.717, 1.165) is 22.4 Å². The van der Waals surface area contributed by atoms with E-state index >= 15 is 0 Å². The summed E-state index contributed by atoms with van der Waals surface area (Å²) in [6.07, 6.45) is 0.342. The third-order valence-corrected chi connectivity index (χ3v) is 3.44. The van der Waals surface area contributed by atoms with Crippen LogP contribution in [0.3, 0.4) is 0 Å². The Morgan fingerprint density at radius 3 is 1.95 bits per heavy atom. The summed E-state index contributed by atoms with van der Waals surface area (Å²) in [6.45, 7) is 0. The molecule has 0 saturated heterocycles. The van der Waals surface area contributed by atoms with Gasteiger partial charge in [0, 0.05) is 19.8 Å². The summed E-state index contributed by atoms with van der Waals surface area (Å²) in [6, 6.07) is 15.3. The third-order valence-electron chi connectivity index (χ3n) is 3.44. The highest BCUT2D eigenvalue weighted by atomic mass is 16.4. The van der Waals surface area contributed by atoms with Crippen molar-refractivity contribution < 1.29 is 9.90 Å². The number of benzene rings is 2. The second-order valence-electron chi connectivity index (χ2n) is 5.29. The van der Waals surface area contributed by atoms with Crippen LogP contribution in [-0.4, -0.2) is 31.2 Å². The van der Waals surface area contributed by atoms with E-state index < -0.39 is 12.0 Å². The van der Waals surface area contributed by atoms with E-state index in [1.54, 1.807) is 0 Å². The predicted molar refractivity (Wildman–Crippen MR) is 85.5 cm³/mol. The molecule has 0 heterocycles. The van der Waals surface area contributed by atoms with Gasteiger partial charge in [0.1, 0.15) is 6.04 Å². The van der Waals surface area contributed by atoms with Gasteiger partial charge in [0.15, 0.2) is 0 Å². The molecule has 2 aromatic rings. The Balaban J connectivity index is 2.13. The van der Waals surface area contributed by atoms with Crippen LogP contribution in [0.5, 0.6) is 0 Å². The highest BCUT2D eigenvalue weighted by Gasteiger charge is 2.11. The molecule has 110 valence electrons. The van der Waals surface area contributed by atoms with E-state index in [9.17, 15) is 4.79 Å². The molecule has 4 heteroatoms. The molecular formula is C17H20N2O2. The number of anilines is 1. The number of carboxylic acids is 1. The summed E-state index contributed by atoms with van der Waals surface area (Å²) < 4.78 is 0. The molecule has 0 aliphatic carbocycles. The van der Waals surface area contributed by atoms with Crippen LogP contribution < -0.4 is 10.6 Å². The van der Waals surface area contributed by atoms with Gasteiger partial charge in [0.25, 0.3) is 0 Å². The fraction of sp³-hybridized carbons (Fsp3) is 0.235. The van der Waals surface area contributed by atoms with Crippen LogP contribution in [0.15, 0.2) is 48.5 Å². The number of carboxylic acid groups (broad SMARTS) is 1. The molecule has 0 aliphatic heterocycles. The fourth-order valence-electron chi connectivity index (χ4n) is 2.13. The van der Waals surface area contributed by atoms with Gasteiger partial charge in [-0.25, -0.2) is 0 Å². The van der Waals surface area contributed by atoms with Crippen molar-refractivity contribution in [3.05, 3.63) is 54.1 Å². The van der Waals surface area contributed by atoms with Crippen LogP contribution in [0.2, 0.25) is 0 Å². The molecule has 2 aromatic carbocycles. The summed E-state index contributed by atoms with van der Waals surface area (Å²) in [4.78, 5) is 12.8. The van der Waals surface area contributed by atoms with E-state index in [0.29, 0.717) is 6.42 Å². The number of aliphatic carboxylic acids is 1. The molecule has 1 atom stereocenters. The molecule has 2 rings (SSSR count). The SMILES string of the molecule is CN(C)c1ccc(-c2ccc(C[C@H](N)C(=O)O)cc2)cc1. The largest absolute Gasteiger partial charge is 0.480 e. The highest BCUT2D eigenvalue weighted by molar-refractivity contribution is 5.73. The Morgan fingerprint density at radius 1 is 1.05 bits per heavy atom. The minimum Gasteiger partial charge on any atom is -0.480 e. The highest BCUT2D eigenvalue weighted by Crippen LogP contribution is 2.23. The lowest BCUT2D eigenvalue weighted by Crippen LogP contribution is -2.32. The summed E-state index contributed by atoms with van der Waals surface area (Å²) in [7, 11) is 4.02. The van der Waals surface area contributed by atoms with Gasteiger partial charge in [-0.2, -0.15) is 0 Å². The van der Waals surface area contributed by atoms with Crippen LogP contribution in [0.25, 0.3) is 11.1 Å². The molecule has 0 radical (unpaired) electrons. The molecule has 0 unspecified atom stereocenters. The monoisotopic (exact) mass is 284 g/mol. The summed E-state index contributed by atoms with van der Waals surface area (Å²) in [5.74, 6) is -0.974. The lowest BCUT2D eigenvalue weighted by atomic mass is 10.0. The van der Waals surface area contributed by atoms with Crippen LogP contribution in [0.1, 0.15) is 5.56 Å². The van der Waals surface area contributed by atoms with E-state index in [4.69, 9.17) is 10.8 Å². The van der Waals surface area contributed by atoms with Crippen molar-refractivity contribution in [1.29, 1.82) is 0 Å². The van der Waals surface area contributed by atoms with Crippen LogP contribution in [0.4, 0.5) is 5.69 Å². The molecule has 21 heavy (non-hydrogen) atoms. The maximum absolute atomic E-state index is 10.7. The summed E-state index contributed by atoms with van der Waals surface area (Å²) in [5.41, 5.74) is 9.86. The van der Waals surface area contributed by atoms with Gasteiger partial charge in [-0.15, -0.1) is 0 Å². The zero-order chi connectivity index (χ0) is 15.4. The van der Waals surface area contributed by atoms with Crippen LogP contribution in [0, 0.1) is 0 Å². The second kappa shape index (κ2) is 6.41. The molecule has 0 bridgehead atoms. The maximum atomic E-state index is 10.7. The standard InChI is InChI=1S/C17H20N2O2/c1-19(2)15-9-7-14(8-10-15)13-5-3-12(4-6-13)11-16(18)17(20)21/h3-10,16H,11,18H2,1-2H3,(H,20,21)/t16-/m0/s1. The number of rotatable bonds is 5. The normalized spacial score (nSPS) is 12.0. The van der Waals surface area contributed by atoms with Crippen molar-refractivity contribution in [2.24, 2.45) is 5.73 Å². The topological polar surface area (TPSA) is 66.6 Å². The first-order valence-corrected chi connectivity index (χ1v) is 6.82. The van der Waals surface area contributed by atoms with Gasteiger partial charge in [-0.3, -0.25) is 4.79 Å². The van der Waals surface area contributed by atoms with Gasteiger partial charge in [0.2, 0.25) is 0 Å². The van der Waals surface area contributed by atoms with Crippen LogP contribution in [-0.2, 0) is 11.2 Å². The van der Waals surface area contributed by atoms with Crippen molar-refractivity contribution >= 4 is 11.7 Å². The molecule has 0 amide bonds. The minimum atomic E-state index is -0.974. The zero-order valence-electron chi connectivity index (χ0n) is 12.3. The van der Waals surface area contributed by atoms with E-state index in [-0.39, 0.29) is 0 Å². The van der Waals surface area contributed by atoms with Gasteiger partial charge in [-0.1, -0.05) is 36.4 Å². The fourth-order valence-corrected chi connectivity index (χ4v) is 2.13. The second-order valence-corrected chi connectivity index (χ2v) is 5.29. The van der Waals surface area contributed by atoms with Crippen molar-refractivity contribution in [3.8, 4) is 11.1 Å². The molecule has 4 nitrogen and oxygen atoms in total. The van der Waals surface area contributed by atoms with Gasteiger partial charge in [-0.05, 0) is 35.2 Å². The van der Waals surface area contributed by atoms with E-state index in [2.05, 4.69) is 29.2 Å². The molecule has 0 saturated carbocycles. The van der Waals surface area contributed by atoms with E-state index in [1.165, 1.54) is 0 Å². The van der Waals surface area contributed by atoms with Crippen molar-refractivity contribution in [1.82, 2.24) is 0 Å². The number of nitrogens with two attached hydrogens (primary N) is 1. The van der Waals surface area contributed by atoms with Gasteiger partial charge < -0.3 is 15.7 Å². The molecule has 3 N–H and O–H groups in total. The first kappa shape index (κ1) is 15.1. The Hall–Kier alpha value is -2.33. The maximum Gasteiger partial charge on any atom is 0.320 e. The Kier molecular flexibility index (Phi) is 4.60. The average molecular weight is 284 g/mol. The molecular weight excluding hydrogens is 264 g/mol. The summed E-state index contributed by atoms with van der Waals surface area (Å²) in [5, 5.41) is 8.82. The predicted octanol–water partition coefficient (Wildman–Crippen LogP) is 2.37. The third kappa shape index (κ3) is 3.83. The van der Waals surface area contributed by atoms with Gasteiger partial charge in [0.05, 0.1) is 0 Å². The minimum absolute atomic E-state index is 0.342. The van der Waals surface area contributed by atoms with E-state index in [1.807, 2.05) is 38.4 Å². The molecule has 0 aromatic heterocycles. The number of nitrogens with zero attached hydrogens (tertiary/aromatic N) is 1. The smallest absolute Gasteiger partial charge is 0.320 e. The quantitative estimate of drug-likeness (QED) is 0.884. The first-order chi connectivity index (χ1) is 9.97. The van der Waals surface area contributed by atoms with Crippen molar-refractivity contribution in [2.75, 3.05) is 19.0 Å². The number of hydrogen-bond acceptors (Lipinski definition) is 3. The average Bonchev–Trinajstić information content (AvgIpc) is 2.48. The van der Waals surface area contributed by atoms with Crippen molar-refractivity contribution in [2.45, 2.75) is 12.5 Å².